The standard InChI is InChI=1S/C13H15NO6/c1-13(12(19)20-2)7-5-10(16)9(15)4-6(7)3-8(14-13)11(17)18/h4-5,8,14-16H,3H2,1-2H3,(H,17,18)/t8-,13+/m0/s1. The van der Waals surface area contributed by atoms with E-state index in [4.69, 9.17) is 9.84 Å². The Morgan fingerprint density at radius 3 is 2.50 bits per heavy atom. The Kier molecular flexibility index (Phi) is 3.31. The van der Waals surface area contributed by atoms with Crippen molar-refractivity contribution in [3.63, 3.8) is 0 Å². The molecule has 1 aromatic carbocycles. The van der Waals surface area contributed by atoms with Gasteiger partial charge in [0, 0.05) is 0 Å². The molecule has 108 valence electrons. The van der Waals surface area contributed by atoms with Crippen LogP contribution in [0, 0.1) is 0 Å². The number of phenolic OH excluding ortho intramolecular Hbond substituents is 2. The van der Waals surface area contributed by atoms with E-state index in [0.717, 1.165) is 0 Å². The smallest absolute Gasteiger partial charge is 0.330 e. The number of aromatic hydroxyl groups is 2. The van der Waals surface area contributed by atoms with Gasteiger partial charge in [-0.3, -0.25) is 10.1 Å². The lowest BCUT2D eigenvalue weighted by atomic mass is 9.80. The number of phenols is 2. The molecule has 0 bridgehead atoms. The molecule has 0 amide bonds. The molecule has 0 fully saturated rings. The number of rotatable bonds is 2. The van der Waals surface area contributed by atoms with Gasteiger partial charge in [-0.1, -0.05) is 0 Å². The number of esters is 1. The fourth-order valence-electron chi connectivity index (χ4n) is 2.47. The lowest BCUT2D eigenvalue weighted by Crippen LogP contribution is -2.58. The zero-order valence-corrected chi connectivity index (χ0v) is 11.0. The van der Waals surface area contributed by atoms with Crippen LogP contribution in [-0.2, 0) is 26.3 Å². The summed E-state index contributed by atoms with van der Waals surface area (Å²) in [6.07, 6.45) is 0.0884. The van der Waals surface area contributed by atoms with Crippen LogP contribution < -0.4 is 5.32 Å². The highest BCUT2D eigenvalue weighted by atomic mass is 16.5. The quantitative estimate of drug-likeness (QED) is 0.448. The topological polar surface area (TPSA) is 116 Å². The van der Waals surface area contributed by atoms with Gasteiger partial charge in [-0.15, -0.1) is 0 Å². The van der Waals surface area contributed by atoms with E-state index >= 15 is 0 Å². The first-order valence-corrected chi connectivity index (χ1v) is 5.94. The highest BCUT2D eigenvalue weighted by Crippen LogP contribution is 2.38. The van der Waals surface area contributed by atoms with Crippen LogP contribution in [0.15, 0.2) is 12.1 Å². The number of fused-ring (bicyclic) bond motifs is 1. The number of carbonyl (C=O) groups is 2. The van der Waals surface area contributed by atoms with Gasteiger partial charge in [0.15, 0.2) is 11.5 Å². The number of ether oxygens (including phenoxy) is 1. The van der Waals surface area contributed by atoms with Crippen LogP contribution in [0.5, 0.6) is 11.5 Å². The van der Waals surface area contributed by atoms with Gasteiger partial charge in [-0.2, -0.15) is 0 Å². The first-order valence-electron chi connectivity index (χ1n) is 5.94. The highest BCUT2D eigenvalue weighted by Gasteiger charge is 2.45. The number of carboxylic acids is 1. The van der Waals surface area contributed by atoms with Crippen LogP contribution in [-0.4, -0.2) is 40.4 Å². The Labute approximate surface area is 114 Å². The normalized spacial score (nSPS) is 24.8. The molecule has 0 unspecified atom stereocenters. The SMILES string of the molecule is COC(=O)[C@]1(C)N[C@H](C(=O)O)Cc2cc(O)c(O)cc21. The van der Waals surface area contributed by atoms with Gasteiger partial charge in [0.25, 0.3) is 0 Å². The van der Waals surface area contributed by atoms with Crippen molar-refractivity contribution in [1.82, 2.24) is 5.32 Å². The molecule has 1 aliphatic rings. The number of hydrogen-bond acceptors (Lipinski definition) is 6. The van der Waals surface area contributed by atoms with Crippen LogP contribution >= 0.6 is 0 Å². The van der Waals surface area contributed by atoms with Crippen LogP contribution in [0.25, 0.3) is 0 Å². The predicted molar refractivity (Wildman–Crippen MR) is 67.4 cm³/mol. The van der Waals surface area contributed by atoms with Gasteiger partial charge >= 0.3 is 11.9 Å². The highest BCUT2D eigenvalue weighted by molar-refractivity contribution is 5.86. The molecule has 2 rings (SSSR count). The van der Waals surface area contributed by atoms with Gasteiger partial charge in [0.1, 0.15) is 11.6 Å². The third-order valence-corrected chi connectivity index (χ3v) is 3.52. The number of methoxy groups -OCH3 is 1. The molecule has 0 saturated carbocycles. The first kappa shape index (κ1) is 14.1. The summed E-state index contributed by atoms with van der Waals surface area (Å²) in [5, 5.41) is 31.0. The number of carboxylic acid groups (broad SMARTS) is 1. The molecule has 0 radical (unpaired) electrons. The van der Waals surface area contributed by atoms with Crippen LogP contribution in [0.2, 0.25) is 0 Å². The van der Waals surface area contributed by atoms with E-state index in [1.165, 1.54) is 26.2 Å². The minimum atomic E-state index is -1.41. The lowest BCUT2D eigenvalue weighted by Gasteiger charge is -2.37. The minimum absolute atomic E-state index is 0.0884. The van der Waals surface area contributed by atoms with E-state index in [9.17, 15) is 19.8 Å². The zero-order chi connectivity index (χ0) is 15.1. The molecule has 0 aliphatic carbocycles. The molecular weight excluding hydrogens is 266 g/mol. The average Bonchev–Trinajstić information content (AvgIpc) is 2.39. The Morgan fingerprint density at radius 1 is 1.35 bits per heavy atom. The summed E-state index contributed by atoms with van der Waals surface area (Å²) >= 11 is 0. The number of aliphatic carboxylic acids is 1. The maximum atomic E-state index is 12.0. The van der Waals surface area contributed by atoms with Crippen molar-refractivity contribution >= 4 is 11.9 Å². The van der Waals surface area contributed by atoms with Gasteiger partial charge in [-0.05, 0) is 36.6 Å². The number of nitrogens with one attached hydrogen (secondary N) is 1. The van der Waals surface area contributed by atoms with E-state index in [-0.39, 0.29) is 17.9 Å². The monoisotopic (exact) mass is 281 g/mol. The second kappa shape index (κ2) is 4.68. The Balaban J connectivity index is 2.62. The molecule has 0 spiro atoms. The van der Waals surface area contributed by atoms with Crippen LogP contribution in [0.4, 0.5) is 0 Å². The van der Waals surface area contributed by atoms with Crippen molar-refractivity contribution in [3.05, 3.63) is 23.3 Å². The van der Waals surface area contributed by atoms with Gasteiger partial charge in [0.2, 0.25) is 0 Å². The summed E-state index contributed by atoms with van der Waals surface area (Å²) in [5.41, 5.74) is -0.548. The van der Waals surface area contributed by atoms with Gasteiger partial charge in [-0.25, -0.2) is 4.79 Å². The molecule has 1 aliphatic heterocycles. The fourth-order valence-corrected chi connectivity index (χ4v) is 2.47. The summed E-state index contributed by atoms with van der Waals surface area (Å²) in [4.78, 5) is 23.2. The lowest BCUT2D eigenvalue weighted by molar-refractivity contribution is -0.150. The van der Waals surface area contributed by atoms with E-state index < -0.39 is 23.5 Å². The first-order chi connectivity index (χ1) is 9.29. The minimum Gasteiger partial charge on any atom is -0.504 e. The Morgan fingerprint density at radius 2 is 1.95 bits per heavy atom. The van der Waals surface area contributed by atoms with Crippen molar-refractivity contribution < 1.29 is 29.6 Å². The number of hydrogen-bond donors (Lipinski definition) is 4. The molecule has 0 saturated heterocycles. The third-order valence-electron chi connectivity index (χ3n) is 3.52. The Bertz CT molecular complexity index is 584. The number of carbonyl (C=O) groups excluding carboxylic acids is 1. The summed E-state index contributed by atoms with van der Waals surface area (Å²) in [7, 11) is 1.19. The molecule has 0 aromatic heterocycles. The second-order valence-electron chi connectivity index (χ2n) is 4.85. The number of benzene rings is 1. The van der Waals surface area contributed by atoms with E-state index in [1.54, 1.807) is 0 Å². The molecule has 7 heteroatoms. The molecule has 1 aromatic rings. The second-order valence-corrected chi connectivity index (χ2v) is 4.85. The van der Waals surface area contributed by atoms with Crippen molar-refractivity contribution in [1.29, 1.82) is 0 Å². The van der Waals surface area contributed by atoms with E-state index in [2.05, 4.69) is 5.32 Å². The molecule has 2 atom stereocenters. The van der Waals surface area contributed by atoms with E-state index in [1.807, 2.05) is 0 Å². The maximum Gasteiger partial charge on any atom is 0.330 e. The van der Waals surface area contributed by atoms with Gasteiger partial charge < -0.3 is 20.1 Å². The van der Waals surface area contributed by atoms with Crippen molar-refractivity contribution in [2.24, 2.45) is 0 Å². The summed E-state index contributed by atoms with van der Waals surface area (Å²) < 4.78 is 4.71. The van der Waals surface area contributed by atoms with Crippen LogP contribution in [0.3, 0.4) is 0 Å². The third kappa shape index (κ3) is 2.05. The molecule has 20 heavy (non-hydrogen) atoms. The maximum absolute atomic E-state index is 12.0. The van der Waals surface area contributed by atoms with Crippen molar-refractivity contribution in [3.8, 4) is 11.5 Å². The summed E-state index contributed by atoms with van der Waals surface area (Å²) in [5.74, 6) is -2.52. The average molecular weight is 281 g/mol. The summed E-state index contributed by atoms with van der Waals surface area (Å²) in [6, 6.07) is 1.52. The summed E-state index contributed by atoms with van der Waals surface area (Å²) in [6.45, 7) is 1.48. The molecule has 7 nitrogen and oxygen atoms in total. The molecule has 4 N–H and O–H groups in total. The molecular formula is C13H15NO6. The predicted octanol–water partition coefficient (Wildman–Crippen LogP) is 0.0849. The van der Waals surface area contributed by atoms with Gasteiger partial charge in [0.05, 0.1) is 7.11 Å². The van der Waals surface area contributed by atoms with Crippen LogP contribution in [0.1, 0.15) is 18.1 Å². The largest absolute Gasteiger partial charge is 0.504 e. The zero-order valence-electron chi connectivity index (χ0n) is 11.0. The van der Waals surface area contributed by atoms with Crippen molar-refractivity contribution in [2.75, 3.05) is 7.11 Å². The molecule has 1 heterocycles. The van der Waals surface area contributed by atoms with E-state index in [0.29, 0.717) is 11.1 Å². The Hall–Kier alpha value is -2.28. The fraction of sp³-hybridized carbons (Fsp3) is 0.385. The van der Waals surface area contributed by atoms with Crippen molar-refractivity contribution in [2.45, 2.75) is 24.9 Å².